The lowest BCUT2D eigenvalue weighted by atomic mass is 10.6. The van der Waals surface area contributed by atoms with Crippen LogP contribution in [-0.4, -0.2) is 43.4 Å². The molecule has 0 saturated carbocycles. The summed E-state index contributed by atoms with van der Waals surface area (Å²) in [6, 6.07) is 0. The van der Waals surface area contributed by atoms with Gasteiger partial charge < -0.3 is 19.4 Å². The number of ketones is 1. The number of carbonyl (C=O) groups is 1. The Hall–Kier alpha value is -0.710. The molecule has 1 atom stereocenters. The van der Waals surface area contributed by atoms with Crippen molar-refractivity contribution in [1.29, 1.82) is 0 Å². The average molecular weight is 218 g/mol. The van der Waals surface area contributed by atoms with Gasteiger partial charge >= 0.3 is 0 Å². The Morgan fingerprint density at radius 1 is 1.53 bits per heavy atom. The van der Waals surface area contributed by atoms with Gasteiger partial charge in [0.15, 0.2) is 0 Å². The standard InChI is InChI=1S/3C3H6O.C2H4O/c1-3-2-4-3;1-3(2)4;1-2-3-4;1-2-3-1/h3H,2H2,1H3;1-2H3;2,4H,1,3H2;1-2H2. The maximum absolute atomic E-state index is 9.44. The second-order valence-corrected chi connectivity index (χ2v) is 3.14. The number of hydrogen-bond acceptors (Lipinski definition) is 4. The number of aliphatic hydroxyl groups excluding tert-OH is 1. The van der Waals surface area contributed by atoms with Gasteiger partial charge in [0, 0.05) is 0 Å². The van der Waals surface area contributed by atoms with Gasteiger partial charge in [0.25, 0.3) is 0 Å². The lowest BCUT2D eigenvalue weighted by Gasteiger charge is -1.60. The minimum Gasteiger partial charge on any atom is -0.392 e. The monoisotopic (exact) mass is 218 g/mol. The minimum atomic E-state index is 0.0833. The molecule has 0 radical (unpaired) electrons. The van der Waals surface area contributed by atoms with Gasteiger partial charge in [-0.05, 0) is 20.8 Å². The van der Waals surface area contributed by atoms with Gasteiger partial charge in [-0.15, -0.1) is 6.58 Å². The molecule has 2 rings (SSSR count). The fourth-order valence-corrected chi connectivity index (χ4v) is 0.0962. The molecule has 2 saturated heterocycles. The van der Waals surface area contributed by atoms with Gasteiger partial charge in [-0.3, -0.25) is 0 Å². The van der Waals surface area contributed by atoms with Crippen molar-refractivity contribution in [1.82, 2.24) is 0 Å². The van der Waals surface area contributed by atoms with Gasteiger partial charge in [0.1, 0.15) is 5.78 Å². The second-order valence-electron chi connectivity index (χ2n) is 3.14. The van der Waals surface area contributed by atoms with Crippen LogP contribution in [0.5, 0.6) is 0 Å². The van der Waals surface area contributed by atoms with E-state index in [0.717, 1.165) is 19.8 Å². The van der Waals surface area contributed by atoms with E-state index in [2.05, 4.69) is 18.2 Å². The zero-order chi connectivity index (χ0) is 12.1. The second kappa shape index (κ2) is 13.3. The third-order valence-corrected chi connectivity index (χ3v) is 0.833. The van der Waals surface area contributed by atoms with E-state index in [1.165, 1.54) is 19.9 Å². The van der Waals surface area contributed by atoms with Crippen LogP contribution in [0.2, 0.25) is 0 Å². The largest absolute Gasteiger partial charge is 0.392 e. The smallest absolute Gasteiger partial charge is 0.126 e. The summed E-state index contributed by atoms with van der Waals surface area (Å²) in [7, 11) is 0. The predicted molar refractivity (Wildman–Crippen MR) is 59.9 cm³/mol. The molecule has 2 fully saturated rings. The van der Waals surface area contributed by atoms with Crippen LogP contribution in [0.1, 0.15) is 20.8 Å². The molecular weight excluding hydrogens is 196 g/mol. The first-order chi connectivity index (χ1) is 7.04. The highest BCUT2D eigenvalue weighted by Crippen LogP contribution is 2.04. The van der Waals surface area contributed by atoms with Crippen molar-refractivity contribution >= 4 is 5.78 Å². The Kier molecular flexibility index (Phi) is 14.8. The number of aliphatic hydroxyl groups is 1. The molecule has 2 aliphatic rings. The summed E-state index contributed by atoms with van der Waals surface area (Å²) in [6.07, 6.45) is 2.01. The molecule has 0 bridgehead atoms. The van der Waals surface area contributed by atoms with E-state index in [9.17, 15) is 4.79 Å². The van der Waals surface area contributed by atoms with Crippen molar-refractivity contribution in [3.63, 3.8) is 0 Å². The Labute approximate surface area is 91.9 Å². The van der Waals surface area contributed by atoms with E-state index in [4.69, 9.17) is 9.84 Å². The summed E-state index contributed by atoms with van der Waals surface area (Å²) in [5.74, 6) is 0.167. The molecule has 1 N–H and O–H groups in total. The van der Waals surface area contributed by atoms with Gasteiger partial charge in [-0.25, -0.2) is 0 Å². The summed E-state index contributed by atoms with van der Waals surface area (Å²) in [6.45, 7) is 11.4. The van der Waals surface area contributed by atoms with Crippen LogP contribution in [0.15, 0.2) is 12.7 Å². The third kappa shape index (κ3) is 92.0. The molecule has 0 amide bonds. The summed E-state index contributed by atoms with van der Waals surface area (Å²) in [5.41, 5.74) is 0. The molecule has 15 heavy (non-hydrogen) atoms. The summed E-state index contributed by atoms with van der Waals surface area (Å²) >= 11 is 0. The summed E-state index contributed by atoms with van der Waals surface area (Å²) in [4.78, 5) is 9.44. The lowest BCUT2D eigenvalue weighted by molar-refractivity contribution is -0.114. The Morgan fingerprint density at radius 2 is 1.73 bits per heavy atom. The first-order valence-electron chi connectivity index (χ1n) is 4.92. The van der Waals surface area contributed by atoms with E-state index in [0.29, 0.717) is 6.10 Å². The molecule has 2 heterocycles. The minimum absolute atomic E-state index is 0.0833. The van der Waals surface area contributed by atoms with Crippen molar-refractivity contribution in [2.24, 2.45) is 0 Å². The molecule has 0 aliphatic carbocycles. The molecule has 0 spiro atoms. The van der Waals surface area contributed by atoms with Crippen LogP contribution >= 0.6 is 0 Å². The SMILES string of the molecule is C1CO1.C=CCO.CC(C)=O.CC1CO1. The molecule has 4 nitrogen and oxygen atoms in total. The van der Waals surface area contributed by atoms with Crippen molar-refractivity contribution in [2.45, 2.75) is 26.9 Å². The van der Waals surface area contributed by atoms with Crippen molar-refractivity contribution in [3.05, 3.63) is 12.7 Å². The van der Waals surface area contributed by atoms with Crippen LogP contribution in [0.25, 0.3) is 0 Å². The Bertz CT molecular complexity index is 144. The lowest BCUT2D eigenvalue weighted by Crippen LogP contribution is -1.69. The highest BCUT2D eigenvalue weighted by atomic mass is 16.6. The van der Waals surface area contributed by atoms with Crippen molar-refractivity contribution < 1.29 is 19.4 Å². The fraction of sp³-hybridized carbons (Fsp3) is 0.727. The van der Waals surface area contributed by atoms with Crippen molar-refractivity contribution in [3.8, 4) is 0 Å². The fourth-order valence-electron chi connectivity index (χ4n) is 0.0962. The summed E-state index contributed by atoms with van der Waals surface area (Å²) in [5, 5.41) is 7.76. The van der Waals surface area contributed by atoms with Crippen LogP contribution in [0, 0.1) is 0 Å². The van der Waals surface area contributed by atoms with Crippen LogP contribution in [0.3, 0.4) is 0 Å². The molecule has 2 aliphatic heterocycles. The number of rotatable bonds is 1. The molecule has 1 unspecified atom stereocenters. The van der Waals surface area contributed by atoms with Crippen LogP contribution < -0.4 is 0 Å². The number of epoxide rings is 2. The number of hydrogen-bond donors (Lipinski definition) is 1. The topological polar surface area (TPSA) is 62.4 Å². The number of carbonyl (C=O) groups excluding carboxylic acids is 1. The highest BCUT2D eigenvalue weighted by molar-refractivity contribution is 5.72. The molecular formula is C11H22O4. The highest BCUT2D eigenvalue weighted by Gasteiger charge is 2.13. The third-order valence-electron chi connectivity index (χ3n) is 0.833. The maximum atomic E-state index is 9.44. The summed E-state index contributed by atoms with van der Waals surface area (Å²) < 4.78 is 9.21. The Balaban J connectivity index is 0. The zero-order valence-corrected chi connectivity index (χ0v) is 9.86. The van der Waals surface area contributed by atoms with E-state index in [1.807, 2.05) is 0 Å². The zero-order valence-electron chi connectivity index (χ0n) is 9.86. The van der Waals surface area contributed by atoms with E-state index in [1.54, 1.807) is 0 Å². The maximum Gasteiger partial charge on any atom is 0.126 e. The molecule has 90 valence electrons. The number of ether oxygens (including phenoxy) is 2. The van der Waals surface area contributed by atoms with Gasteiger partial charge in [-0.1, -0.05) is 6.08 Å². The normalized spacial score (nSPS) is 18.8. The van der Waals surface area contributed by atoms with E-state index >= 15 is 0 Å². The van der Waals surface area contributed by atoms with E-state index < -0.39 is 0 Å². The molecule has 0 aromatic rings. The number of Topliss-reactive ketones (excluding diaryl/α,β-unsaturated/α-hetero) is 1. The van der Waals surface area contributed by atoms with Gasteiger partial charge in [0.05, 0.1) is 32.5 Å². The van der Waals surface area contributed by atoms with Crippen molar-refractivity contribution in [2.75, 3.05) is 26.4 Å². The first-order valence-corrected chi connectivity index (χ1v) is 4.92. The molecule has 4 heteroatoms. The van der Waals surface area contributed by atoms with Gasteiger partial charge in [-0.2, -0.15) is 0 Å². The quantitative estimate of drug-likeness (QED) is 0.530. The Morgan fingerprint density at radius 3 is 1.73 bits per heavy atom. The van der Waals surface area contributed by atoms with Gasteiger partial charge in [0.2, 0.25) is 0 Å². The average Bonchev–Trinajstić information content (AvgIpc) is 2.97. The van der Waals surface area contributed by atoms with E-state index in [-0.39, 0.29) is 12.4 Å². The molecule has 0 aromatic heterocycles. The first kappa shape index (κ1) is 16.7. The van der Waals surface area contributed by atoms with Crippen LogP contribution in [0.4, 0.5) is 0 Å². The molecule has 0 aromatic carbocycles. The van der Waals surface area contributed by atoms with Crippen LogP contribution in [-0.2, 0) is 14.3 Å². The predicted octanol–water partition coefficient (Wildman–Crippen LogP) is 1.18.